The van der Waals surface area contributed by atoms with Gasteiger partial charge in [0.15, 0.2) is 11.5 Å². The van der Waals surface area contributed by atoms with Crippen LogP contribution in [0, 0.1) is 5.82 Å². The fraction of sp³-hybridized carbons (Fsp3) is 0. The number of hydrogen-bond donors (Lipinski definition) is 1. The summed E-state index contributed by atoms with van der Waals surface area (Å²) in [6.45, 7) is 0. The Morgan fingerprint density at radius 3 is 2.47 bits per heavy atom. The van der Waals surface area contributed by atoms with E-state index in [1.165, 1.54) is 35.3 Å². The van der Waals surface area contributed by atoms with E-state index in [2.05, 4.69) is 10.1 Å². The van der Waals surface area contributed by atoms with Gasteiger partial charge >= 0.3 is 0 Å². The van der Waals surface area contributed by atoms with Crippen LogP contribution in [0.5, 0.6) is 0 Å². The van der Waals surface area contributed by atoms with Crippen molar-refractivity contribution in [1.29, 1.82) is 0 Å². The van der Waals surface area contributed by atoms with E-state index in [1.54, 1.807) is 28.8 Å². The predicted molar refractivity (Wildman–Crippen MR) is 115 cm³/mol. The van der Waals surface area contributed by atoms with Crippen LogP contribution in [0.15, 0.2) is 107 Å². The largest absolute Gasteiger partial charge is 0.405 e. The van der Waals surface area contributed by atoms with Crippen molar-refractivity contribution in [2.45, 2.75) is 0 Å². The van der Waals surface area contributed by atoms with E-state index in [0.717, 1.165) is 0 Å². The third-order valence-corrected chi connectivity index (χ3v) is 4.39. The molecule has 2 N–H and O–H groups in total. The number of halogens is 1. The van der Waals surface area contributed by atoms with E-state index in [4.69, 9.17) is 5.73 Å². The monoisotopic (exact) mass is 399 g/mol. The van der Waals surface area contributed by atoms with Gasteiger partial charge in [-0.05, 0) is 48.7 Å². The second-order valence-electron chi connectivity index (χ2n) is 6.39. The minimum atomic E-state index is -0.473. The van der Waals surface area contributed by atoms with Gasteiger partial charge in [-0.25, -0.2) is 14.1 Å². The van der Waals surface area contributed by atoms with E-state index in [-0.39, 0.29) is 22.5 Å². The van der Waals surface area contributed by atoms with Crippen molar-refractivity contribution in [1.82, 2.24) is 14.3 Å². The summed E-state index contributed by atoms with van der Waals surface area (Å²) in [7, 11) is 0. The SMILES string of the molecule is NC=CC(=Nc1ccccc1)c1nn(-c2ccc(-n3cccc3)cc2F)ccc1=O. The number of hydrogen-bond acceptors (Lipinski definition) is 4. The van der Waals surface area contributed by atoms with Gasteiger partial charge in [0, 0.05) is 36.4 Å². The third-order valence-electron chi connectivity index (χ3n) is 4.39. The summed E-state index contributed by atoms with van der Waals surface area (Å²) in [5.74, 6) is -0.473. The summed E-state index contributed by atoms with van der Waals surface area (Å²) in [6.07, 6.45) is 7.86. The van der Waals surface area contributed by atoms with Crippen LogP contribution in [0.1, 0.15) is 5.69 Å². The number of para-hydroxylation sites is 1. The topological polar surface area (TPSA) is 78.2 Å². The molecule has 0 fully saturated rings. The molecule has 0 aliphatic carbocycles. The number of nitrogens with two attached hydrogens (primary N) is 1. The van der Waals surface area contributed by atoms with Crippen molar-refractivity contribution >= 4 is 11.4 Å². The number of benzene rings is 2. The molecule has 2 heterocycles. The van der Waals surface area contributed by atoms with Crippen molar-refractivity contribution in [3.8, 4) is 11.4 Å². The molecule has 0 spiro atoms. The maximum absolute atomic E-state index is 14.8. The molecule has 7 heteroatoms. The highest BCUT2D eigenvalue weighted by atomic mass is 19.1. The molecule has 2 aromatic carbocycles. The normalized spacial score (nSPS) is 11.8. The highest BCUT2D eigenvalue weighted by Gasteiger charge is 2.12. The molecule has 2 aromatic heterocycles. The number of aliphatic imine (C=N–C) groups is 1. The van der Waals surface area contributed by atoms with Crippen molar-refractivity contribution in [3.63, 3.8) is 0 Å². The highest BCUT2D eigenvalue weighted by Crippen LogP contribution is 2.18. The molecule has 148 valence electrons. The molecule has 0 bridgehead atoms. The predicted octanol–water partition coefficient (Wildman–Crippen LogP) is 3.76. The maximum Gasteiger partial charge on any atom is 0.209 e. The molecule has 0 atom stereocenters. The first-order valence-electron chi connectivity index (χ1n) is 9.21. The molecule has 0 radical (unpaired) electrons. The van der Waals surface area contributed by atoms with Gasteiger partial charge in [-0.2, -0.15) is 5.10 Å². The first-order chi connectivity index (χ1) is 14.7. The van der Waals surface area contributed by atoms with Gasteiger partial charge in [0.1, 0.15) is 5.69 Å². The van der Waals surface area contributed by atoms with Crippen LogP contribution < -0.4 is 11.2 Å². The van der Waals surface area contributed by atoms with E-state index < -0.39 is 5.82 Å². The maximum atomic E-state index is 14.8. The van der Waals surface area contributed by atoms with Gasteiger partial charge in [0.05, 0.1) is 11.4 Å². The number of allylic oxidation sites excluding steroid dienone is 1. The van der Waals surface area contributed by atoms with E-state index in [1.807, 2.05) is 42.7 Å². The summed E-state index contributed by atoms with van der Waals surface area (Å²) >= 11 is 0. The Hall–Kier alpha value is -4.26. The van der Waals surface area contributed by atoms with Crippen LogP contribution in [0.4, 0.5) is 10.1 Å². The second kappa shape index (κ2) is 8.40. The molecule has 0 amide bonds. The zero-order valence-electron chi connectivity index (χ0n) is 15.9. The van der Waals surface area contributed by atoms with Gasteiger partial charge in [0.25, 0.3) is 0 Å². The van der Waals surface area contributed by atoms with Crippen LogP contribution >= 0.6 is 0 Å². The Morgan fingerprint density at radius 2 is 1.77 bits per heavy atom. The average molecular weight is 399 g/mol. The molecule has 4 aromatic rings. The van der Waals surface area contributed by atoms with Crippen LogP contribution in [-0.4, -0.2) is 20.1 Å². The Bertz CT molecular complexity index is 1270. The molecule has 0 aliphatic heterocycles. The number of rotatable bonds is 5. The van der Waals surface area contributed by atoms with E-state index in [9.17, 15) is 9.18 Å². The second-order valence-corrected chi connectivity index (χ2v) is 6.39. The zero-order chi connectivity index (χ0) is 20.9. The molecule has 0 aliphatic rings. The van der Waals surface area contributed by atoms with Crippen LogP contribution in [0.2, 0.25) is 0 Å². The molecule has 0 unspecified atom stereocenters. The van der Waals surface area contributed by atoms with Crippen molar-refractivity contribution in [2.75, 3.05) is 0 Å². The lowest BCUT2D eigenvalue weighted by molar-refractivity contribution is 0.607. The number of nitrogens with zero attached hydrogens (tertiary/aromatic N) is 4. The first kappa shape index (κ1) is 19.1. The van der Waals surface area contributed by atoms with Crippen molar-refractivity contribution in [2.24, 2.45) is 10.7 Å². The average Bonchev–Trinajstić information content (AvgIpc) is 3.30. The fourth-order valence-corrected chi connectivity index (χ4v) is 2.97. The lowest BCUT2D eigenvalue weighted by Crippen LogP contribution is -2.20. The smallest absolute Gasteiger partial charge is 0.209 e. The van der Waals surface area contributed by atoms with Gasteiger partial charge in [-0.1, -0.05) is 18.2 Å². The zero-order valence-corrected chi connectivity index (χ0v) is 15.9. The molecular formula is C23H18FN5O. The van der Waals surface area contributed by atoms with Crippen LogP contribution in [0.25, 0.3) is 11.4 Å². The molecular weight excluding hydrogens is 381 g/mol. The molecule has 6 nitrogen and oxygen atoms in total. The van der Waals surface area contributed by atoms with Gasteiger partial charge in [-0.3, -0.25) is 4.79 Å². The van der Waals surface area contributed by atoms with Gasteiger partial charge in [0.2, 0.25) is 5.43 Å². The lowest BCUT2D eigenvalue weighted by Gasteiger charge is -2.11. The van der Waals surface area contributed by atoms with Gasteiger partial charge in [-0.15, -0.1) is 0 Å². The molecule has 0 saturated heterocycles. The quantitative estimate of drug-likeness (QED) is 0.519. The Morgan fingerprint density at radius 1 is 1.00 bits per heavy atom. The van der Waals surface area contributed by atoms with E-state index in [0.29, 0.717) is 11.4 Å². The third kappa shape index (κ3) is 3.95. The highest BCUT2D eigenvalue weighted by molar-refractivity contribution is 6.08. The summed E-state index contributed by atoms with van der Waals surface area (Å²) in [5, 5.41) is 4.33. The summed E-state index contributed by atoms with van der Waals surface area (Å²) in [5.41, 5.74) is 7.09. The summed E-state index contributed by atoms with van der Waals surface area (Å²) in [4.78, 5) is 16.9. The first-order valence-corrected chi connectivity index (χ1v) is 9.21. The Labute approximate surface area is 172 Å². The number of aromatic nitrogens is 3. The summed E-state index contributed by atoms with van der Waals surface area (Å²) < 4.78 is 18.0. The van der Waals surface area contributed by atoms with Gasteiger partial charge < -0.3 is 10.3 Å². The molecule has 30 heavy (non-hydrogen) atoms. The molecule has 0 saturated carbocycles. The minimum Gasteiger partial charge on any atom is -0.405 e. The minimum absolute atomic E-state index is 0.0666. The standard InChI is InChI=1S/C23H18FN5O/c24-19-16-18(28-13-4-5-14-28)8-9-21(19)29-15-11-22(30)23(27-29)20(10-12-25)26-17-6-2-1-3-7-17/h1-16H,25H2. The Balaban J connectivity index is 1.78. The van der Waals surface area contributed by atoms with E-state index >= 15 is 0 Å². The summed E-state index contributed by atoms with van der Waals surface area (Å²) in [6, 6.07) is 19.0. The van der Waals surface area contributed by atoms with Crippen LogP contribution in [-0.2, 0) is 0 Å². The lowest BCUT2D eigenvalue weighted by atomic mass is 10.2. The molecule has 4 rings (SSSR count). The van der Waals surface area contributed by atoms with Crippen molar-refractivity contribution in [3.05, 3.63) is 119 Å². The van der Waals surface area contributed by atoms with Crippen molar-refractivity contribution < 1.29 is 4.39 Å². The van der Waals surface area contributed by atoms with Crippen LogP contribution in [0.3, 0.4) is 0 Å². The fourth-order valence-electron chi connectivity index (χ4n) is 2.97. The Kier molecular flexibility index (Phi) is 5.34.